The first-order valence-corrected chi connectivity index (χ1v) is 7.31. The molecular weight excluding hydrogens is 216 g/mol. The summed E-state index contributed by atoms with van der Waals surface area (Å²) in [7, 11) is 0. The molecule has 4 aliphatic rings. The fourth-order valence-electron chi connectivity index (χ4n) is 5.50. The average Bonchev–Trinajstić information content (AvgIpc) is 2.37. The Labute approximate surface area is 110 Å². The lowest BCUT2D eigenvalue weighted by Crippen LogP contribution is -2.48. The van der Waals surface area contributed by atoms with E-state index in [4.69, 9.17) is 6.42 Å². The lowest BCUT2D eigenvalue weighted by molar-refractivity contribution is -0.00529. The van der Waals surface area contributed by atoms with Gasteiger partial charge in [-0.2, -0.15) is 0 Å². The molecular formula is C18H19. The van der Waals surface area contributed by atoms with Gasteiger partial charge in [0.15, 0.2) is 0 Å². The van der Waals surface area contributed by atoms with E-state index in [1.54, 1.807) is 0 Å². The van der Waals surface area contributed by atoms with Crippen LogP contribution < -0.4 is 0 Å². The van der Waals surface area contributed by atoms with Gasteiger partial charge >= 0.3 is 0 Å². The minimum Gasteiger partial charge on any atom is -0.0619 e. The van der Waals surface area contributed by atoms with E-state index in [1.165, 1.54) is 44.1 Å². The van der Waals surface area contributed by atoms with Crippen LogP contribution in [0.25, 0.3) is 0 Å². The van der Waals surface area contributed by atoms with Crippen molar-refractivity contribution in [3.63, 3.8) is 0 Å². The third-order valence-electron chi connectivity index (χ3n) is 5.67. The Morgan fingerprint density at radius 3 is 2.06 bits per heavy atom. The van der Waals surface area contributed by atoms with Crippen molar-refractivity contribution in [2.45, 2.75) is 43.9 Å². The van der Waals surface area contributed by atoms with Gasteiger partial charge in [0.25, 0.3) is 0 Å². The van der Waals surface area contributed by atoms with Gasteiger partial charge in [0.1, 0.15) is 0 Å². The summed E-state index contributed by atoms with van der Waals surface area (Å²) in [5, 5.41) is 0. The predicted octanol–water partition coefficient (Wildman–Crippen LogP) is 4.09. The van der Waals surface area contributed by atoms with Crippen molar-refractivity contribution in [3.05, 3.63) is 41.8 Å². The van der Waals surface area contributed by atoms with E-state index in [-0.39, 0.29) is 0 Å². The second-order valence-corrected chi connectivity index (χ2v) is 6.87. The number of hydrogen-bond donors (Lipinski definition) is 0. The Bertz CT molecular complexity index is 482. The van der Waals surface area contributed by atoms with Crippen LogP contribution in [0.4, 0.5) is 0 Å². The van der Waals surface area contributed by atoms with E-state index in [2.05, 4.69) is 24.1 Å². The summed E-state index contributed by atoms with van der Waals surface area (Å²) in [5.74, 6) is 5.57. The largest absolute Gasteiger partial charge is 0.0619 e. The normalized spacial score (nSPS) is 40.7. The Kier molecular flexibility index (Phi) is 2.16. The van der Waals surface area contributed by atoms with Crippen LogP contribution in [-0.4, -0.2) is 0 Å². The zero-order chi connectivity index (χ0) is 12.2. The zero-order valence-corrected chi connectivity index (χ0v) is 10.8. The van der Waals surface area contributed by atoms with Gasteiger partial charge in [0.05, 0.1) is 0 Å². The molecule has 4 bridgehead atoms. The third kappa shape index (κ3) is 1.40. The summed E-state index contributed by atoms with van der Waals surface area (Å²) in [5.41, 5.74) is 2.87. The summed E-state index contributed by atoms with van der Waals surface area (Å²) < 4.78 is 0. The molecule has 5 rings (SSSR count). The zero-order valence-electron chi connectivity index (χ0n) is 10.8. The van der Waals surface area contributed by atoms with Crippen LogP contribution in [0, 0.1) is 30.1 Å². The molecule has 0 amide bonds. The molecule has 0 heteroatoms. The molecule has 0 N–H and O–H groups in total. The van der Waals surface area contributed by atoms with Crippen molar-refractivity contribution in [1.29, 1.82) is 0 Å². The molecule has 0 nitrogen and oxygen atoms in total. The summed E-state index contributed by atoms with van der Waals surface area (Å²) in [4.78, 5) is 0. The second-order valence-electron chi connectivity index (χ2n) is 6.87. The standard InChI is InChI=1S/C18H19/c1-2-16-5-3-4-6-17(16)18-10-13-7-14(11-18)9-15(8-13)12-18/h3-6,13-15H,7-12H2. The van der Waals surface area contributed by atoms with E-state index < -0.39 is 0 Å². The van der Waals surface area contributed by atoms with Crippen LogP contribution in [0.15, 0.2) is 24.3 Å². The first-order valence-electron chi connectivity index (χ1n) is 7.31. The Hall–Kier alpha value is -1.22. The van der Waals surface area contributed by atoms with Crippen LogP contribution in [0.3, 0.4) is 0 Å². The van der Waals surface area contributed by atoms with Crippen molar-refractivity contribution in [2.75, 3.05) is 0 Å². The van der Waals surface area contributed by atoms with Gasteiger partial charge in [-0.3, -0.25) is 0 Å². The van der Waals surface area contributed by atoms with Gasteiger partial charge in [0.2, 0.25) is 0 Å². The quantitative estimate of drug-likeness (QED) is 0.643. The van der Waals surface area contributed by atoms with Crippen molar-refractivity contribution >= 4 is 0 Å². The minimum absolute atomic E-state index is 0.402. The summed E-state index contributed by atoms with van der Waals surface area (Å²) >= 11 is 0. The molecule has 0 spiro atoms. The average molecular weight is 235 g/mol. The molecule has 0 aromatic heterocycles. The molecule has 0 heterocycles. The molecule has 4 aliphatic carbocycles. The van der Waals surface area contributed by atoms with Crippen molar-refractivity contribution in [2.24, 2.45) is 17.8 Å². The van der Waals surface area contributed by atoms with Crippen LogP contribution in [0.2, 0.25) is 0 Å². The minimum atomic E-state index is 0.402. The predicted molar refractivity (Wildman–Crippen MR) is 72.5 cm³/mol. The molecule has 0 saturated heterocycles. The first kappa shape index (κ1) is 10.7. The van der Waals surface area contributed by atoms with Gasteiger partial charge in [0, 0.05) is 5.56 Å². The van der Waals surface area contributed by atoms with Gasteiger partial charge in [-0.25, -0.2) is 0 Å². The molecule has 4 fully saturated rings. The highest BCUT2D eigenvalue weighted by Gasteiger charge is 2.51. The highest BCUT2D eigenvalue weighted by molar-refractivity contribution is 5.44. The van der Waals surface area contributed by atoms with Gasteiger partial charge in [-0.05, 0) is 79.7 Å². The fourth-order valence-corrected chi connectivity index (χ4v) is 5.50. The lowest BCUT2D eigenvalue weighted by Gasteiger charge is -2.57. The van der Waals surface area contributed by atoms with Crippen LogP contribution in [-0.2, 0) is 5.41 Å². The molecule has 0 atom stereocenters. The van der Waals surface area contributed by atoms with E-state index in [9.17, 15) is 0 Å². The Morgan fingerprint density at radius 2 is 1.50 bits per heavy atom. The number of hydrogen-bond acceptors (Lipinski definition) is 0. The highest BCUT2D eigenvalue weighted by atomic mass is 14.6. The van der Waals surface area contributed by atoms with Crippen LogP contribution in [0.5, 0.6) is 0 Å². The summed E-state index contributed by atoms with van der Waals surface area (Å²) in [6, 6.07) is 8.53. The van der Waals surface area contributed by atoms with Crippen molar-refractivity contribution < 1.29 is 0 Å². The Morgan fingerprint density at radius 1 is 0.944 bits per heavy atom. The molecule has 1 aromatic carbocycles. The molecule has 18 heavy (non-hydrogen) atoms. The third-order valence-corrected chi connectivity index (χ3v) is 5.67. The molecule has 91 valence electrons. The maximum Gasteiger partial charge on any atom is 0.0293 e. The maximum absolute atomic E-state index is 7.54. The number of rotatable bonds is 1. The molecule has 1 radical (unpaired) electrons. The lowest BCUT2D eigenvalue weighted by atomic mass is 9.47. The van der Waals surface area contributed by atoms with Crippen molar-refractivity contribution in [3.8, 4) is 5.92 Å². The van der Waals surface area contributed by atoms with Gasteiger partial charge < -0.3 is 0 Å². The second kappa shape index (κ2) is 3.64. The van der Waals surface area contributed by atoms with Gasteiger partial charge in [-0.1, -0.05) is 24.1 Å². The molecule has 4 saturated carbocycles. The van der Waals surface area contributed by atoms with Crippen LogP contribution >= 0.6 is 0 Å². The van der Waals surface area contributed by atoms with Crippen LogP contribution in [0.1, 0.15) is 49.7 Å². The highest BCUT2D eigenvalue weighted by Crippen LogP contribution is 2.61. The Balaban J connectivity index is 1.82. The number of benzene rings is 1. The SMILES string of the molecule is [C]#Cc1ccccc1C12CC3CC(CC(C3)C1)C2. The maximum atomic E-state index is 7.54. The van der Waals surface area contributed by atoms with E-state index >= 15 is 0 Å². The smallest absolute Gasteiger partial charge is 0.0293 e. The summed E-state index contributed by atoms with van der Waals surface area (Å²) in [6.07, 6.45) is 16.1. The monoisotopic (exact) mass is 235 g/mol. The molecule has 0 aliphatic heterocycles. The topological polar surface area (TPSA) is 0 Å². The van der Waals surface area contributed by atoms with Crippen molar-refractivity contribution in [1.82, 2.24) is 0 Å². The van der Waals surface area contributed by atoms with E-state index in [1.807, 2.05) is 6.07 Å². The molecule has 1 aromatic rings. The van der Waals surface area contributed by atoms with E-state index in [0.717, 1.165) is 23.3 Å². The fraction of sp³-hybridized carbons (Fsp3) is 0.556. The van der Waals surface area contributed by atoms with E-state index in [0.29, 0.717) is 5.41 Å². The van der Waals surface area contributed by atoms with Gasteiger partial charge in [-0.15, -0.1) is 0 Å². The first-order chi connectivity index (χ1) is 8.79. The molecule has 0 unspecified atom stereocenters. The summed E-state index contributed by atoms with van der Waals surface area (Å²) in [6.45, 7) is 0.